The normalized spacial score (nSPS) is 16.5. The monoisotopic (exact) mass is 297 g/mol. The molecule has 0 nitrogen and oxygen atoms in total. The second-order valence-corrected chi connectivity index (χ2v) is 3.01. The number of allylic oxidation sites excluding steroid dienone is 12. The van der Waals surface area contributed by atoms with Crippen LogP contribution >= 0.6 is 0 Å². The summed E-state index contributed by atoms with van der Waals surface area (Å²) in [5, 5.41) is 0. The van der Waals surface area contributed by atoms with Crippen molar-refractivity contribution in [3.63, 3.8) is 0 Å². The predicted octanol–water partition coefficient (Wildman–Crippen LogP) is 3.91. The first-order chi connectivity index (χ1) is 7.50. The third kappa shape index (κ3) is 9.61. The van der Waals surface area contributed by atoms with E-state index >= 15 is 0 Å². The van der Waals surface area contributed by atoms with E-state index in [1.807, 2.05) is 36.5 Å². The third-order valence-corrected chi connectivity index (χ3v) is 1.76. The van der Waals surface area contributed by atoms with Crippen LogP contribution in [0.25, 0.3) is 0 Å². The van der Waals surface area contributed by atoms with Crippen molar-refractivity contribution in [2.75, 3.05) is 0 Å². The molecule has 0 aromatic carbocycles. The molecule has 1 heteroatoms. The van der Waals surface area contributed by atoms with Gasteiger partial charge in [-0.3, -0.25) is 18.2 Å². The van der Waals surface area contributed by atoms with Gasteiger partial charge in [-0.15, -0.1) is 19.3 Å². The average Bonchev–Trinajstić information content (AvgIpc) is 3.09. The molecule has 83 valence electrons. The van der Waals surface area contributed by atoms with Crippen molar-refractivity contribution in [3.8, 4) is 0 Å². The second-order valence-electron chi connectivity index (χ2n) is 3.01. The largest absolute Gasteiger partial charge is 3.00 e. The smallest absolute Gasteiger partial charge is 0.273 e. The molecule has 0 bridgehead atoms. The Labute approximate surface area is 112 Å². The van der Waals surface area contributed by atoms with E-state index in [0.717, 1.165) is 19.3 Å². The van der Waals surface area contributed by atoms with E-state index in [1.165, 1.54) is 0 Å². The SMILES string of the molecule is [C-]1=CC=CC1.[C-]1=CC=CC1.[C-]1=CC=CC1.[Ru+3]. The summed E-state index contributed by atoms with van der Waals surface area (Å²) in [7, 11) is 0. The molecule has 0 heterocycles. The summed E-state index contributed by atoms with van der Waals surface area (Å²) in [4.78, 5) is 0. The van der Waals surface area contributed by atoms with Gasteiger partial charge >= 0.3 is 19.5 Å². The predicted molar refractivity (Wildman–Crippen MR) is 64.7 cm³/mol. The summed E-state index contributed by atoms with van der Waals surface area (Å²) in [5.74, 6) is 0. The molecule has 0 saturated heterocycles. The number of hydrogen-bond acceptors (Lipinski definition) is 0. The van der Waals surface area contributed by atoms with Gasteiger partial charge in [0.25, 0.3) is 0 Å². The van der Waals surface area contributed by atoms with Crippen LogP contribution in [-0.4, -0.2) is 0 Å². The van der Waals surface area contributed by atoms with Crippen molar-refractivity contribution in [2.24, 2.45) is 0 Å². The van der Waals surface area contributed by atoms with Crippen LogP contribution in [-0.2, 0) is 19.5 Å². The number of rotatable bonds is 0. The van der Waals surface area contributed by atoms with Crippen LogP contribution in [0.5, 0.6) is 0 Å². The first-order valence-electron chi connectivity index (χ1n) is 5.15. The van der Waals surface area contributed by atoms with E-state index in [2.05, 4.69) is 36.5 Å². The topological polar surface area (TPSA) is 0 Å². The van der Waals surface area contributed by atoms with Crippen LogP contribution in [0.3, 0.4) is 0 Å². The van der Waals surface area contributed by atoms with Gasteiger partial charge in [0.15, 0.2) is 0 Å². The Bertz CT molecular complexity index is 232. The van der Waals surface area contributed by atoms with E-state index in [1.54, 1.807) is 0 Å². The van der Waals surface area contributed by atoms with Gasteiger partial charge in [-0.1, -0.05) is 0 Å². The van der Waals surface area contributed by atoms with Crippen molar-refractivity contribution >= 4 is 0 Å². The molecule has 0 unspecified atom stereocenters. The molecule has 3 rings (SSSR count). The van der Waals surface area contributed by atoms with Crippen LogP contribution in [0.15, 0.2) is 54.7 Å². The molecule has 3 aliphatic rings. The first kappa shape index (κ1) is 15.1. The zero-order chi connectivity index (χ0) is 10.6. The van der Waals surface area contributed by atoms with Crippen LogP contribution in [0.1, 0.15) is 19.3 Å². The van der Waals surface area contributed by atoms with E-state index in [9.17, 15) is 0 Å². The molecule has 0 aliphatic heterocycles. The van der Waals surface area contributed by atoms with Gasteiger partial charge in [0.1, 0.15) is 0 Å². The maximum Gasteiger partial charge on any atom is 3.00 e. The fourth-order valence-electron chi connectivity index (χ4n) is 1.02. The molecule has 16 heavy (non-hydrogen) atoms. The zero-order valence-electron chi connectivity index (χ0n) is 9.17. The number of hydrogen-bond donors (Lipinski definition) is 0. The molecular formula is C15H15Ru. The van der Waals surface area contributed by atoms with Crippen molar-refractivity contribution < 1.29 is 19.5 Å². The molecule has 0 atom stereocenters. The molecular weight excluding hydrogens is 281 g/mol. The van der Waals surface area contributed by atoms with Crippen molar-refractivity contribution in [3.05, 3.63) is 72.9 Å². The molecule has 0 fully saturated rings. The minimum absolute atomic E-state index is 0. The molecule has 0 saturated carbocycles. The molecule has 0 aromatic rings. The van der Waals surface area contributed by atoms with Crippen molar-refractivity contribution in [1.29, 1.82) is 0 Å². The zero-order valence-corrected chi connectivity index (χ0v) is 10.9. The van der Waals surface area contributed by atoms with Gasteiger partial charge in [0.05, 0.1) is 0 Å². The molecule has 0 aromatic heterocycles. The summed E-state index contributed by atoms with van der Waals surface area (Å²) in [6.07, 6.45) is 30.0. The van der Waals surface area contributed by atoms with Gasteiger partial charge in [-0.2, -0.15) is 18.2 Å². The van der Waals surface area contributed by atoms with Gasteiger partial charge in [-0.25, -0.2) is 36.5 Å². The standard InChI is InChI=1S/3C5H5.Ru/c3*1-2-4-5-3-1;/h3*1-3H,4H2;/q3*-1;+3. The van der Waals surface area contributed by atoms with Gasteiger partial charge in [0.2, 0.25) is 0 Å². The van der Waals surface area contributed by atoms with Crippen LogP contribution in [0.2, 0.25) is 0 Å². The third-order valence-electron chi connectivity index (χ3n) is 1.76. The summed E-state index contributed by atoms with van der Waals surface area (Å²) >= 11 is 0. The van der Waals surface area contributed by atoms with Gasteiger partial charge in [0, 0.05) is 0 Å². The molecule has 3 aliphatic carbocycles. The molecule has 1 radical (unpaired) electrons. The Kier molecular flexibility index (Phi) is 11.4. The fraction of sp³-hybridized carbons (Fsp3) is 0.200. The van der Waals surface area contributed by atoms with E-state index in [4.69, 9.17) is 0 Å². The molecule has 0 spiro atoms. The summed E-state index contributed by atoms with van der Waals surface area (Å²) < 4.78 is 0. The maximum atomic E-state index is 2.99. The molecule has 0 N–H and O–H groups in total. The molecule has 0 amide bonds. The summed E-state index contributed by atoms with van der Waals surface area (Å²) in [5.41, 5.74) is 0. The van der Waals surface area contributed by atoms with E-state index in [0.29, 0.717) is 0 Å². The van der Waals surface area contributed by atoms with E-state index in [-0.39, 0.29) is 19.5 Å². The Balaban J connectivity index is 0.000000205. The maximum absolute atomic E-state index is 2.99. The van der Waals surface area contributed by atoms with Crippen molar-refractivity contribution in [2.45, 2.75) is 19.3 Å². The van der Waals surface area contributed by atoms with Crippen LogP contribution < -0.4 is 0 Å². The Morgan fingerprint density at radius 2 is 0.875 bits per heavy atom. The van der Waals surface area contributed by atoms with E-state index < -0.39 is 0 Å². The van der Waals surface area contributed by atoms with Crippen molar-refractivity contribution in [1.82, 2.24) is 0 Å². The van der Waals surface area contributed by atoms with Gasteiger partial charge < -0.3 is 0 Å². The van der Waals surface area contributed by atoms with Gasteiger partial charge in [-0.05, 0) is 0 Å². The first-order valence-corrected chi connectivity index (χ1v) is 5.15. The summed E-state index contributed by atoms with van der Waals surface area (Å²) in [6.45, 7) is 0. The minimum Gasteiger partial charge on any atom is -0.273 e. The Hall–Kier alpha value is -0.937. The fourth-order valence-corrected chi connectivity index (χ4v) is 1.02. The minimum atomic E-state index is 0. The quantitative estimate of drug-likeness (QED) is 0.469. The Morgan fingerprint density at radius 3 is 0.938 bits per heavy atom. The average molecular weight is 296 g/mol. The second kappa shape index (κ2) is 12.1. The van der Waals surface area contributed by atoms with Crippen LogP contribution in [0.4, 0.5) is 0 Å². The van der Waals surface area contributed by atoms with Crippen LogP contribution in [0, 0.1) is 18.2 Å². The Morgan fingerprint density at radius 1 is 0.562 bits per heavy atom. The summed E-state index contributed by atoms with van der Waals surface area (Å²) in [6, 6.07) is 0.